The molecule has 7 heteroatoms. The molecule has 0 aliphatic carbocycles. The molecule has 0 fully saturated rings. The summed E-state index contributed by atoms with van der Waals surface area (Å²) >= 11 is 9.44. The zero-order valence-electron chi connectivity index (χ0n) is 12.3. The first-order chi connectivity index (χ1) is 11.6. The molecule has 122 valence electrons. The van der Waals surface area contributed by atoms with E-state index in [1.54, 1.807) is 24.3 Å². The summed E-state index contributed by atoms with van der Waals surface area (Å²) in [5.74, 6) is 0.335. The molecule has 0 saturated heterocycles. The Morgan fingerprint density at radius 3 is 2.58 bits per heavy atom. The van der Waals surface area contributed by atoms with Crippen molar-refractivity contribution >= 4 is 56.6 Å². The van der Waals surface area contributed by atoms with Gasteiger partial charge in [0, 0.05) is 19.5 Å². The Bertz CT molecular complexity index is 835. The number of hydrogen-bond acceptors (Lipinski definition) is 4. The second-order valence-electron chi connectivity index (χ2n) is 4.84. The topological polar surface area (TPSA) is 51.2 Å². The maximum atomic E-state index is 11.9. The number of nitrogens with one attached hydrogen (secondary N) is 1. The molecule has 0 saturated carbocycles. The Kier molecular flexibility index (Phi) is 5.70. The van der Waals surface area contributed by atoms with Crippen LogP contribution in [0, 0.1) is 3.57 Å². The zero-order chi connectivity index (χ0) is 16.9. The number of hydrogen-bond donors (Lipinski definition) is 1. The highest BCUT2D eigenvalue weighted by Gasteiger charge is 2.09. The van der Waals surface area contributed by atoms with Gasteiger partial charge in [0.25, 0.3) is 5.91 Å². The molecule has 3 rings (SSSR count). The van der Waals surface area contributed by atoms with Crippen molar-refractivity contribution in [1.29, 1.82) is 0 Å². The Morgan fingerprint density at radius 1 is 1.17 bits per heavy atom. The summed E-state index contributed by atoms with van der Waals surface area (Å²) in [6.45, 7) is -0.0833. The average molecular weight is 471 g/mol. The quantitative estimate of drug-likeness (QED) is 0.529. The Balaban J connectivity index is 1.57. The maximum absolute atomic E-state index is 11.9. The number of amides is 1. The number of ether oxygens (including phenoxy) is 1. The molecule has 4 nitrogen and oxygen atoms in total. The van der Waals surface area contributed by atoms with Gasteiger partial charge in [0.05, 0.1) is 5.69 Å². The summed E-state index contributed by atoms with van der Waals surface area (Å²) in [6, 6.07) is 14.9. The van der Waals surface area contributed by atoms with Crippen LogP contribution < -0.4 is 10.1 Å². The SMILES string of the molecule is O=C(COc1ccc(Cl)cc1)Nc1nc(-c2ccc(I)cc2)cs1. The van der Waals surface area contributed by atoms with Gasteiger partial charge in [0.1, 0.15) is 5.75 Å². The van der Waals surface area contributed by atoms with Gasteiger partial charge in [-0.05, 0) is 59.0 Å². The van der Waals surface area contributed by atoms with E-state index in [0.29, 0.717) is 15.9 Å². The van der Waals surface area contributed by atoms with E-state index in [2.05, 4.69) is 32.9 Å². The van der Waals surface area contributed by atoms with E-state index in [9.17, 15) is 4.79 Å². The van der Waals surface area contributed by atoms with Gasteiger partial charge in [-0.25, -0.2) is 4.98 Å². The lowest BCUT2D eigenvalue weighted by atomic mass is 10.2. The number of thiazole rings is 1. The first-order valence-electron chi connectivity index (χ1n) is 7.00. The molecule has 1 heterocycles. The molecule has 1 amide bonds. The largest absolute Gasteiger partial charge is 0.484 e. The van der Waals surface area contributed by atoms with Crippen molar-refractivity contribution in [2.75, 3.05) is 11.9 Å². The van der Waals surface area contributed by atoms with Gasteiger partial charge in [-0.3, -0.25) is 10.1 Å². The van der Waals surface area contributed by atoms with Crippen LogP contribution in [-0.2, 0) is 4.79 Å². The summed E-state index contributed by atoms with van der Waals surface area (Å²) in [4.78, 5) is 16.4. The Labute approximate surface area is 162 Å². The molecule has 1 N–H and O–H groups in total. The second kappa shape index (κ2) is 7.96. The van der Waals surface area contributed by atoms with E-state index in [4.69, 9.17) is 16.3 Å². The second-order valence-corrected chi connectivity index (χ2v) is 7.38. The third-order valence-electron chi connectivity index (χ3n) is 3.07. The third-order valence-corrected chi connectivity index (χ3v) is 4.80. The fourth-order valence-electron chi connectivity index (χ4n) is 1.92. The smallest absolute Gasteiger partial charge is 0.264 e. The Morgan fingerprint density at radius 2 is 1.88 bits per heavy atom. The third kappa shape index (κ3) is 4.68. The van der Waals surface area contributed by atoms with Crippen molar-refractivity contribution in [3.05, 3.63) is 62.5 Å². The van der Waals surface area contributed by atoms with E-state index >= 15 is 0 Å². The number of rotatable bonds is 5. The lowest BCUT2D eigenvalue weighted by Crippen LogP contribution is -2.20. The van der Waals surface area contributed by atoms with Gasteiger partial charge >= 0.3 is 0 Å². The van der Waals surface area contributed by atoms with Gasteiger partial charge in [0.15, 0.2) is 11.7 Å². The molecule has 24 heavy (non-hydrogen) atoms. The number of aromatic nitrogens is 1. The molecule has 0 radical (unpaired) electrons. The number of carbonyl (C=O) groups is 1. The first-order valence-corrected chi connectivity index (χ1v) is 9.33. The van der Waals surface area contributed by atoms with Crippen LogP contribution in [0.2, 0.25) is 5.02 Å². The molecular weight excluding hydrogens is 459 g/mol. The lowest BCUT2D eigenvalue weighted by molar-refractivity contribution is -0.118. The highest BCUT2D eigenvalue weighted by Crippen LogP contribution is 2.25. The summed E-state index contributed by atoms with van der Waals surface area (Å²) in [5.41, 5.74) is 1.86. The molecule has 1 aromatic heterocycles. The van der Waals surface area contributed by atoms with E-state index in [-0.39, 0.29) is 12.5 Å². The maximum Gasteiger partial charge on any atom is 0.264 e. The van der Waals surface area contributed by atoms with E-state index in [1.165, 1.54) is 14.9 Å². The average Bonchev–Trinajstić information content (AvgIpc) is 3.03. The van der Waals surface area contributed by atoms with E-state index in [1.807, 2.05) is 29.6 Å². The summed E-state index contributed by atoms with van der Waals surface area (Å²) in [7, 11) is 0. The molecule has 0 atom stereocenters. The van der Waals surface area contributed by atoms with E-state index in [0.717, 1.165) is 11.3 Å². The molecule has 2 aromatic carbocycles. The predicted octanol–water partition coefficient (Wildman–Crippen LogP) is 5.09. The van der Waals surface area contributed by atoms with Gasteiger partial charge in [0.2, 0.25) is 0 Å². The minimum atomic E-state index is -0.256. The molecule has 0 aliphatic heterocycles. The molecule has 0 spiro atoms. The van der Waals surface area contributed by atoms with Crippen molar-refractivity contribution in [2.45, 2.75) is 0 Å². The van der Waals surface area contributed by atoms with Gasteiger partial charge in [-0.1, -0.05) is 23.7 Å². The number of carbonyl (C=O) groups excluding carboxylic acids is 1. The lowest BCUT2D eigenvalue weighted by Gasteiger charge is -2.05. The fourth-order valence-corrected chi connectivity index (χ4v) is 3.14. The van der Waals surface area contributed by atoms with Crippen LogP contribution in [0.4, 0.5) is 5.13 Å². The van der Waals surface area contributed by atoms with Crippen LogP contribution in [-0.4, -0.2) is 17.5 Å². The van der Waals surface area contributed by atoms with Crippen LogP contribution in [0.25, 0.3) is 11.3 Å². The van der Waals surface area contributed by atoms with Gasteiger partial charge in [-0.15, -0.1) is 11.3 Å². The van der Waals surface area contributed by atoms with Gasteiger partial charge < -0.3 is 4.74 Å². The minimum Gasteiger partial charge on any atom is -0.484 e. The number of halogens is 2. The zero-order valence-corrected chi connectivity index (χ0v) is 16.1. The van der Waals surface area contributed by atoms with Crippen LogP contribution in [0.1, 0.15) is 0 Å². The summed E-state index contributed by atoms with van der Waals surface area (Å²) < 4.78 is 6.57. The van der Waals surface area contributed by atoms with E-state index < -0.39 is 0 Å². The van der Waals surface area contributed by atoms with Crippen LogP contribution >= 0.6 is 45.5 Å². The van der Waals surface area contributed by atoms with Crippen LogP contribution in [0.5, 0.6) is 5.75 Å². The predicted molar refractivity (Wildman–Crippen MR) is 106 cm³/mol. The molecule has 0 aliphatic rings. The normalized spacial score (nSPS) is 10.4. The summed E-state index contributed by atoms with van der Waals surface area (Å²) in [5, 5.41) is 5.83. The van der Waals surface area contributed by atoms with Crippen molar-refractivity contribution in [1.82, 2.24) is 4.98 Å². The molecule has 0 bridgehead atoms. The fraction of sp³-hybridized carbons (Fsp3) is 0.0588. The molecule has 3 aromatic rings. The summed E-state index contributed by atoms with van der Waals surface area (Å²) in [6.07, 6.45) is 0. The van der Waals surface area contributed by atoms with Gasteiger partial charge in [-0.2, -0.15) is 0 Å². The highest BCUT2D eigenvalue weighted by molar-refractivity contribution is 14.1. The highest BCUT2D eigenvalue weighted by atomic mass is 127. The monoisotopic (exact) mass is 470 g/mol. The number of nitrogens with zero attached hydrogens (tertiary/aromatic N) is 1. The first kappa shape index (κ1) is 17.2. The molecule has 0 unspecified atom stereocenters. The number of benzene rings is 2. The minimum absolute atomic E-state index is 0.0833. The van der Waals surface area contributed by atoms with Crippen molar-refractivity contribution in [2.24, 2.45) is 0 Å². The van der Waals surface area contributed by atoms with Crippen LogP contribution in [0.15, 0.2) is 53.9 Å². The number of anilines is 1. The van der Waals surface area contributed by atoms with Crippen molar-refractivity contribution in [3.63, 3.8) is 0 Å². The van der Waals surface area contributed by atoms with Crippen molar-refractivity contribution < 1.29 is 9.53 Å². The van der Waals surface area contributed by atoms with Crippen LogP contribution in [0.3, 0.4) is 0 Å². The molecular formula is C17H12ClIN2O2S. The Hall–Kier alpha value is -1.64. The standard InChI is InChI=1S/C17H12ClIN2O2S/c18-12-3-7-14(8-4-12)23-9-16(22)21-17-20-15(10-24-17)11-1-5-13(19)6-2-11/h1-8,10H,9H2,(H,20,21,22). The van der Waals surface area contributed by atoms with Crippen molar-refractivity contribution in [3.8, 4) is 17.0 Å².